The van der Waals surface area contributed by atoms with Crippen molar-refractivity contribution < 1.29 is 14.7 Å². The van der Waals surface area contributed by atoms with Crippen molar-refractivity contribution in [2.24, 2.45) is 0 Å². The second kappa shape index (κ2) is 5.59. The highest BCUT2D eigenvalue weighted by molar-refractivity contribution is 6.06. The summed E-state index contributed by atoms with van der Waals surface area (Å²) in [4.78, 5) is 28.2. The van der Waals surface area contributed by atoms with Crippen molar-refractivity contribution in [3.63, 3.8) is 0 Å². The summed E-state index contributed by atoms with van der Waals surface area (Å²) in [7, 11) is 0. The predicted octanol–water partition coefficient (Wildman–Crippen LogP) is 2.62. The fraction of sp³-hybridized carbons (Fsp3) is 0.875. The van der Waals surface area contributed by atoms with Crippen LogP contribution in [0.2, 0.25) is 0 Å². The van der Waals surface area contributed by atoms with Gasteiger partial charge in [-0.2, -0.15) is 0 Å². The van der Waals surface area contributed by atoms with Crippen molar-refractivity contribution >= 4 is 11.9 Å². The summed E-state index contributed by atoms with van der Waals surface area (Å²) in [5.74, 6) is -0.412. The minimum absolute atomic E-state index is 0.0128. The van der Waals surface area contributed by atoms with Crippen molar-refractivity contribution in [2.45, 2.75) is 88.9 Å². The number of aliphatic hydroxyl groups is 1. The van der Waals surface area contributed by atoms with Crippen molar-refractivity contribution in [1.29, 1.82) is 0 Å². The first-order chi connectivity index (χ1) is 10.0. The highest BCUT2D eigenvalue weighted by atomic mass is 16.3. The van der Waals surface area contributed by atoms with E-state index in [9.17, 15) is 14.7 Å². The van der Waals surface area contributed by atoms with Crippen molar-refractivity contribution in [1.82, 2.24) is 9.80 Å². The van der Waals surface area contributed by atoms with Gasteiger partial charge in [-0.15, -0.1) is 0 Å². The minimum Gasteiger partial charge on any atom is -0.363 e. The molecule has 2 aliphatic carbocycles. The Hall–Kier alpha value is -1.10. The van der Waals surface area contributed by atoms with Gasteiger partial charge < -0.3 is 5.11 Å². The van der Waals surface area contributed by atoms with Gasteiger partial charge in [-0.25, -0.2) is 4.79 Å². The van der Waals surface area contributed by atoms with Gasteiger partial charge in [-0.1, -0.05) is 38.5 Å². The van der Waals surface area contributed by atoms with Crippen LogP contribution in [0.3, 0.4) is 0 Å². The van der Waals surface area contributed by atoms with Crippen LogP contribution in [0.4, 0.5) is 4.79 Å². The maximum atomic E-state index is 12.8. The van der Waals surface area contributed by atoms with Crippen LogP contribution >= 0.6 is 0 Å². The Bertz CT molecular complexity index is 423. The first kappa shape index (κ1) is 14.8. The summed E-state index contributed by atoms with van der Waals surface area (Å²) in [6.07, 6.45) is 10.2. The fourth-order valence-corrected chi connectivity index (χ4v) is 4.23. The zero-order valence-electron chi connectivity index (χ0n) is 12.9. The summed E-state index contributed by atoms with van der Waals surface area (Å²) in [5.41, 5.74) is -1.66. The van der Waals surface area contributed by atoms with Gasteiger partial charge in [0.1, 0.15) is 0 Å². The van der Waals surface area contributed by atoms with Gasteiger partial charge in [0.15, 0.2) is 0 Å². The normalized spacial score (nSPS) is 33.0. The van der Waals surface area contributed by atoms with E-state index in [1.807, 2.05) is 0 Å². The quantitative estimate of drug-likeness (QED) is 0.796. The number of imide groups is 1. The Morgan fingerprint density at radius 3 is 1.90 bits per heavy atom. The molecule has 0 aromatic carbocycles. The fourth-order valence-electron chi connectivity index (χ4n) is 4.23. The van der Waals surface area contributed by atoms with Crippen molar-refractivity contribution in [3.05, 3.63) is 0 Å². The Labute approximate surface area is 126 Å². The zero-order valence-corrected chi connectivity index (χ0v) is 12.9. The number of rotatable bonds is 2. The molecule has 118 valence electrons. The second-order valence-electron chi connectivity index (χ2n) is 6.93. The topological polar surface area (TPSA) is 60.9 Å². The SMILES string of the molecule is CC1(O)C(=O)N(C2CCCCC2)C(=O)N1C1CCCCC1. The van der Waals surface area contributed by atoms with Crippen LogP contribution in [0, 0.1) is 0 Å². The molecule has 0 spiro atoms. The van der Waals surface area contributed by atoms with E-state index in [4.69, 9.17) is 0 Å². The lowest BCUT2D eigenvalue weighted by molar-refractivity contribution is -0.154. The molecule has 2 saturated carbocycles. The van der Waals surface area contributed by atoms with E-state index >= 15 is 0 Å². The molecule has 3 rings (SSSR count). The smallest absolute Gasteiger partial charge is 0.330 e. The summed E-state index contributed by atoms with van der Waals surface area (Å²) in [6.45, 7) is 1.49. The molecule has 1 unspecified atom stereocenters. The molecule has 5 nitrogen and oxygen atoms in total. The van der Waals surface area contributed by atoms with Crippen molar-refractivity contribution in [3.8, 4) is 0 Å². The van der Waals surface area contributed by atoms with Gasteiger partial charge in [0.25, 0.3) is 5.91 Å². The first-order valence-electron chi connectivity index (χ1n) is 8.43. The molecule has 0 aromatic rings. The Morgan fingerprint density at radius 2 is 1.38 bits per heavy atom. The van der Waals surface area contributed by atoms with Crippen LogP contribution < -0.4 is 0 Å². The molecule has 3 aliphatic rings. The molecule has 1 N–H and O–H groups in total. The first-order valence-corrected chi connectivity index (χ1v) is 8.43. The molecular weight excluding hydrogens is 268 g/mol. The number of amides is 3. The van der Waals surface area contributed by atoms with Crippen LogP contribution in [0.1, 0.15) is 71.1 Å². The summed E-state index contributed by atoms with van der Waals surface area (Å²) < 4.78 is 0. The summed E-state index contributed by atoms with van der Waals surface area (Å²) in [5, 5.41) is 10.7. The Morgan fingerprint density at radius 1 is 0.905 bits per heavy atom. The molecular formula is C16H26N2O3. The largest absolute Gasteiger partial charge is 0.363 e. The minimum atomic E-state index is -1.66. The van der Waals surface area contributed by atoms with E-state index < -0.39 is 11.6 Å². The van der Waals surface area contributed by atoms with E-state index in [2.05, 4.69) is 0 Å². The molecule has 21 heavy (non-hydrogen) atoms. The molecule has 1 heterocycles. The monoisotopic (exact) mass is 294 g/mol. The molecule has 1 atom stereocenters. The number of hydrogen-bond acceptors (Lipinski definition) is 3. The number of carbonyl (C=O) groups excluding carboxylic acids is 2. The lowest BCUT2D eigenvalue weighted by Gasteiger charge is -2.36. The third-order valence-electron chi connectivity index (χ3n) is 5.38. The van der Waals surface area contributed by atoms with Gasteiger partial charge in [0, 0.05) is 12.1 Å². The molecule has 0 radical (unpaired) electrons. The zero-order chi connectivity index (χ0) is 15.0. The highest BCUT2D eigenvalue weighted by Gasteiger charge is 2.57. The van der Waals surface area contributed by atoms with E-state index in [0.29, 0.717) is 0 Å². The van der Waals surface area contributed by atoms with Gasteiger partial charge >= 0.3 is 6.03 Å². The summed E-state index contributed by atoms with van der Waals surface area (Å²) in [6, 6.07) is -0.263. The van der Waals surface area contributed by atoms with E-state index in [-0.39, 0.29) is 18.1 Å². The number of urea groups is 1. The van der Waals surface area contributed by atoms with Crippen molar-refractivity contribution in [2.75, 3.05) is 0 Å². The molecule has 5 heteroatoms. The average molecular weight is 294 g/mol. The predicted molar refractivity (Wildman–Crippen MR) is 78.5 cm³/mol. The van der Waals surface area contributed by atoms with Crippen LogP contribution in [0.15, 0.2) is 0 Å². The number of hydrogen-bond donors (Lipinski definition) is 1. The Balaban J connectivity index is 1.83. The molecule has 3 fully saturated rings. The number of nitrogens with zero attached hydrogens (tertiary/aromatic N) is 2. The molecule has 0 bridgehead atoms. The maximum absolute atomic E-state index is 12.8. The van der Waals surface area contributed by atoms with E-state index in [1.165, 1.54) is 29.6 Å². The van der Waals surface area contributed by atoms with E-state index in [0.717, 1.165) is 51.4 Å². The average Bonchev–Trinajstić information content (AvgIpc) is 2.67. The van der Waals surface area contributed by atoms with Crippen LogP contribution in [-0.4, -0.2) is 44.7 Å². The molecule has 1 aliphatic heterocycles. The Kier molecular flexibility index (Phi) is 3.95. The third kappa shape index (κ3) is 2.45. The van der Waals surface area contributed by atoms with Crippen LogP contribution in [0.5, 0.6) is 0 Å². The van der Waals surface area contributed by atoms with Gasteiger partial charge in [0.05, 0.1) is 0 Å². The van der Waals surface area contributed by atoms with Crippen LogP contribution in [0.25, 0.3) is 0 Å². The highest BCUT2D eigenvalue weighted by Crippen LogP contribution is 2.37. The lowest BCUT2D eigenvalue weighted by atomic mass is 9.93. The van der Waals surface area contributed by atoms with E-state index in [1.54, 1.807) is 0 Å². The molecule has 3 amide bonds. The maximum Gasteiger partial charge on any atom is 0.330 e. The van der Waals surface area contributed by atoms with Gasteiger partial charge in [-0.05, 0) is 32.6 Å². The molecule has 0 aromatic heterocycles. The van der Waals surface area contributed by atoms with Crippen LogP contribution in [-0.2, 0) is 4.79 Å². The third-order valence-corrected chi connectivity index (χ3v) is 5.38. The van der Waals surface area contributed by atoms with Gasteiger partial charge in [-0.3, -0.25) is 14.6 Å². The molecule has 1 saturated heterocycles. The van der Waals surface area contributed by atoms with Gasteiger partial charge in [0.2, 0.25) is 5.72 Å². The lowest BCUT2D eigenvalue weighted by Crippen LogP contribution is -2.52. The standard InChI is InChI=1S/C16H26N2O3/c1-16(21)14(19)17(12-8-4-2-5-9-12)15(20)18(16)13-10-6-3-7-11-13/h12-13,21H,2-11H2,1H3. The second-order valence-corrected chi connectivity index (χ2v) is 6.93. The summed E-state index contributed by atoms with van der Waals surface area (Å²) >= 11 is 0. The number of carbonyl (C=O) groups is 2.